The fourth-order valence-electron chi connectivity index (χ4n) is 4.10. The zero-order chi connectivity index (χ0) is 27.8. The second-order valence-corrected chi connectivity index (χ2v) is 9.44. The van der Waals surface area contributed by atoms with E-state index >= 15 is 0 Å². The zero-order valence-electron chi connectivity index (χ0n) is 20.6. The van der Waals surface area contributed by atoms with Crippen LogP contribution in [0.2, 0.25) is 5.15 Å². The minimum Gasteiger partial charge on any atom is -0.496 e. The number of aromatic amines is 1. The third-order valence-electron chi connectivity index (χ3n) is 6.29. The van der Waals surface area contributed by atoms with E-state index in [4.69, 9.17) is 22.1 Å². The number of alkyl halides is 1. The SMILES string of the molecule is C=C(F)C(=O)Nc1ccc(-c2c(Cl)[nH]c(C(N)=O)c2-c2ccc(C(=O)NCC3(F)CC3)c(OC)c2)c(C)c1. The summed E-state index contributed by atoms with van der Waals surface area (Å²) < 4.78 is 32.5. The van der Waals surface area contributed by atoms with Gasteiger partial charge >= 0.3 is 0 Å². The molecule has 2 aromatic carbocycles. The molecule has 0 bridgehead atoms. The van der Waals surface area contributed by atoms with Crippen LogP contribution in [0.5, 0.6) is 5.75 Å². The van der Waals surface area contributed by atoms with Crippen molar-refractivity contribution >= 4 is 35.0 Å². The van der Waals surface area contributed by atoms with Gasteiger partial charge in [0, 0.05) is 16.8 Å². The summed E-state index contributed by atoms with van der Waals surface area (Å²) in [4.78, 5) is 39.5. The van der Waals surface area contributed by atoms with E-state index in [-0.39, 0.29) is 28.7 Å². The van der Waals surface area contributed by atoms with Crippen LogP contribution in [0.25, 0.3) is 22.3 Å². The number of hydrogen-bond acceptors (Lipinski definition) is 4. The summed E-state index contributed by atoms with van der Waals surface area (Å²) in [6, 6.07) is 9.48. The topological polar surface area (TPSA) is 126 Å². The van der Waals surface area contributed by atoms with Crippen LogP contribution in [0.15, 0.2) is 48.8 Å². The number of rotatable bonds is 9. The average molecular weight is 543 g/mol. The smallest absolute Gasteiger partial charge is 0.283 e. The lowest BCUT2D eigenvalue weighted by atomic mass is 9.92. The minimum absolute atomic E-state index is 0.0304. The third kappa shape index (κ3) is 5.40. The molecule has 1 aromatic heterocycles. The minimum atomic E-state index is -1.36. The van der Waals surface area contributed by atoms with Crippen LogP contribution in [0.1, 0.15) is 39.3 Å². The number of methoxy groups -OCH3 is 1. The third-order valence-corrected chi connectivity index (χ3v) is 6.58. The quantitative estimate of drug-likeness (QED) is 0.281. The molecule has 3 aromatic rings. The Hall–Kier alpha value is -4.18. The van der Waals surface area contributed by atoms with Crippen LogP contribution in [-0.2, 0) is 4.79 Å². The van der Waals surface area contributed by atoms with Crippen molar-refractivity contribution in [2.75, 3.05) is 19.0 Å². The normalized spacial score (nSPS) is 13.5. The largest absolute Gasteiger partial charge is 0.496 e. The molecule has 8 nitrogen and oxygen atoms in total. The Bertz CT molecular complexity index is 1480. The molecule has 1 aliphatic rings. The molecule has 198 valence electrons. The second-order valence-electron chi connectivity index (χ2n) is 9.07. The number of anilines is 1. The van der Waals surface area contributed by atoms with Crippen molar-refractivity contribution in [3.8, 4) is 28.0 Å². The number of carbonyl (C=O) groups excluding carboxylic acids is 3. The fourth-order valence-corrected chi connectivity index (χ4v) is 4.39. The average Bonchev–Trinajstić information content (AvgIpc) is 3.51. The number of nitrogens with one attached hydrogen (secondary N) is 3. The molecule has 11 heteroatoms. The molecule has 1 fully saturated rings. The Morgan fingerprint density at radius 3 is 2.47 bits per heavy atom. The van der Waals surface area contributed by atoms with E-state index in [2.05, 4.69) is 22.2 Å². The molecule has 1 saturated carbocycles. The van der Waals surface area contributed by atoms with Crippen molar-refractivity contribution in [1.29, 1.82) is 0 Å². The molecule has 38 heavy (non-hydrogen) atoms. The van der Waals surface area contributed by atoms with Crippen LogP contribution < -0.4 is 21.1 Å². The van der Waals surface area contributed by atoms with E-state index in [1.165, 1.54) is 13.2 Å². The number of amides is 3. The lowest BCUT2D eigenvalue weighted by Gasteiger charge is -2.15. The van der Waals surface area contributed by atoms with Gasteiger partial charge in [-0.25, -0.2) is 8.78 Å². The summed E-state index contributed by atoms with van der Waals surface area (Å²) in [5, 5.41) is 5.11. The number of hydrogen-bond donors (Lipinski definition) is 4. The van der Waals surface area contributed by atoms with Gasteiger partial charge in [0.25, 0.3) is 17.7 Å². The number of aromatic nitrogens is 1. The predicted molar refractivity (Wildman–Crippen MR) is 141 cm³/mol. The highest BCUT2D eigenvalue weighted by molar-refractivity contribution is 6.34. The van der Waals surface area contributed by atoms with Crippen LogP contribution in [0.3, 0.4) is 0 Å². The fraction of sp³-hybridized carbons (Fsp3) is 0.222. The molecule has 1 heterocycles. The number of aryl methyl sites for hydroxylation is 1. The molecule has 0 unspecified atom stereocenters. The molecule has 3 amide bonds. The number of nitrogens with two attached hydrogens (primary N) is 1. The number of ether oxygens (including phenoxy) is 1. The van der Waals surface area contributed by atoms with Crippen molar-refractivity contribution < 1.29 is 27.9 Å². The Morgan fingerprint density at radius 2 is 1.89 bits per heavy atom. The van der Waals surface area contributed by atoms with Crippen molar-refractivity contribution in [2.24, 2.45) is 5.73 Å². The maximum Gasteiger partial charge on any atom is 0.283 e. The van der Waals surface area contributed by atoms with E-state index in [1.54, 1.807) is 37.3 Å². The van der Waals surface area contributed by atoms with E-state index in [0.29, 0.717) is 46.3 Å². The van der Waals surface area contributed by atoms with Gasteiger partial charge in [-0.2, -0.15) is 0 Å². The Morgan fingerprint density at radius 1 is 1.18 bits per heavy atom. The van der Waals surface area contributed by atoms with Gasteiger partial charge in [0.15, 0.2) is 5.83 Å². The van der Waals surface area contributed by atoms with Crippen molar-refractivity contribution in [3.63, 3.8) is 0 Å². The van der Waals surface area contributed by atoms with Gasteiger partial charge in [-0.05, 0) is 60.7 Å². The van der Waals surface area contributed by atoms with Crippen LogP contribution in [0, 0.1) is 6.92 Å². The first-order valence-corrected chi connectivity index (χ1v) is 12.0. The molecule has 0 spiro atoms. The van der Waals surface area contributed by atoms with Crippen LogP contribution in [0.4, 0.5) is 14.5 Å². The van der Waals surface area contributed by atoms with Crippen molar-refractivity contribution in [3.05, 3.63) is 70.8 Å². The Balaban J connectivity index is 1.77. The molecule has 5 N–H and O–H groups in total. The highest BCUT2D eigenvalue weighted by Crippen LogP contribution is 2.43. The monoisotopic (exact) mass is 542 g/mol. The van der Waals surface area contributed by atoms with Gasteiger partial charge < -0.3 is 26.1 Å². The van der Waals surface area contributed by atoms with E-state index in [0.717, 1.165) is 0 Å². The van der Waals surface area contributed by atoms with Gasteiger partial charge in [0.2, 0.25) is 0 Å². The number of carbonyl (C=O) groups is 3. The van der Waals surface area contributed by atoms with Gasteiger partial charge in [0.1, 0.15) is 22.3 Å². The van der Waals surface area contributed by atoms with Gasteiger partial charge in [-0.15, -0.1) is 0 Å². The van der Waals surface area contributed by atoms with E-state index in [1.807, 2.05) is 0 Å². The summed E-state index contributed by atoms with van der Waals surface area (Å²) in [5.74, 6) is -3.16. The highest BCUT2D eigenvalue weighted by Gasteiger charge is 2.43. The standard InChI is InChI=1S/C27H25ClF2N4O4/c1-13-10-16(33-25(36)14(2)29)5-7-17(13)21-20(22(24(31)35)34-23(21)28)15-4-6-18(19(11-15)38-3)26(37)32-12-27(30)8-9-27/h4-7,10-11,34H,2,8-9,12H2,1,3H3,(H2,31,35)(H,32,37)(H,33,36). The summed E-state index contributed by atoms with van der Waals surface area (Å²) in [5.41, 5.74) is 7.37. The molecule has 0 atom stereocenters. The van der Waals surface area contributed by atoms with Crippen molar-refractivity contribution in [1.82, 2.24) is 10.3 Å². The highest BCUT2D eigenvalue weighted by atomic mass is 35.5. The number of primary amides is 1. The van der Waals surface area contributed by atoms with Crippen LogP contribution in [-0.4, -0.2) is 42.0 Å². The summed E-state index contributed by atoms with van der Waals surface area (Å²) in [6.07, 6.45) is 0.822. The van der Waals surface area contributed by atoms with Gasteiger partial charge in [-0.3, -0.25) is 14.4 Å². The molecular weight excluding hydrogens is 518 g/mol. The molecule has 4 rings (SSSR count). The number of H-pyrrole nitrogens is 1. The van der Waals surface area contributed by atoms with E-state index < -0.39 is 29.2 Å². The summed E-state index contributed by atoms with van der Waals surface area (Å²) >= 11 is 6.54. The zero-order valence-corrected chi connectivity index (χ0v) is 21.4. The first-order chi connectivity index (χ1) is 17.9. The van der Waals surface area contributed by atoms with Gasteiger partial charge in [0.05, 0.1) is 19.2 Å². The Kier molecular flexibility index (Phi) is 7.28. The molecule has 0 aliphatic heterocycles. The lowest BCUT2D eigenvalue weighted by Crippen LogP contribution is -2.31. The van der Waals surface area contributed by atoms with E-state index in [9.17, 15) is 23.2 Å². The molecule has 1 aliphatic carbocycles. The van der Waals surface area contributed by atoms with Crippen LogP contribution >= 0.6 is 11.6 Å². The maximum atomic E-state index is 14.0. The summed E-state index contributed by atoms with van der Waals surface area (Å²) in [7, 11) is 1.39. The lowest BCUT2D eigenvalue weighted by molar-refractivity contribution is -0.114. The second kappa shape index (κ2) is 10.3. The number of benzene rings is 2. The molecule has 0 radical (unpaired) electrons. The first-order valence-electron chi connectivity index (χ1n) is 11.6. The first kappa shape index (κ1) is 26.9. The predicted octanol–water partition coefficient (Wildman–Crippen LogP) is 5.07. The Labute approximate surface area is 222 Å². The number of halogens is 3. The van der Waals surface area contributed by atoms with Gasteiger partial charge in [-0.1, -0.05) is 30.3 Å². The van der Waals surface area contributed by atoms with Crippen molar-refractivity contribution in [2.45, 2.75) is 25.4 Å². The maximum absolute atomic E-state index is 14.0. The molecular formula is C27H25ClF2N4O4. The summed E-state index contributed by atoms with van der Waals surface area (Å²) in [6.45, 7) is 4.63. The molecule has 0 saturated heterocycles.